The average molecular weight is 463 g/mol. The summed E-state index contributed by atoms with van der Waals surface area (Å²) < 4.78 is 0.945. The van der Waals surface area contributed by atoms with E-state index in [1.54, 1.807) is 0 Å². The van der Waals surface area contributed by atoms with E-state index < -0.39 is 5.92 Å². The molecule has 0 fully saturated rings. The number of ketones is 1. The summed E-state index contributed by atoms with van der Waals surface area (Å²) in [6.07, 6.45) is 1.12. The van der Waals surface area contributed by atoms with Gasteiger partial charge in [-0.15, -0.1) is 0 Å². The van der Waals surface area contributed by atoms with E-state index in [1.165, 1.54) is 0 Å². The van der Waals surface area contributed by atoms with E-state index in [-0.39, 0.29) is 11.7 Å². The predicted molar refractivity (Wildman–Crippen MR) is 120 cm³/mol. The molecule has 2 aliphatic rings. The van der Waals surface area contributed by atoms with Crippen molar-refractivity contribution in [3.63, 3.8) is 0 Å². The zero-order chi connectivity index (χ0) is 21.4. The highest BCUT2D eigenvalue weighted by molar-refractivity contribution is 9.10. The number of carbonyl (C=O) groups excluding carboxylic acids is 1. The van der Waals surface area contributed by atoms with Crippen LogP contribution >= 0.6 is 15.9 Å². The van der Waals surface area contributed by atoms with Crippen molar-refractivity contribution in [2.24, 2.45) is 5.73 Å². The molecule has 4 rings (SSSR count). The molecule has 1 heterocycles. The van der Waals surface area contributed by atoms with Crippen LogP contribution in [-0.4, -0.2) is 29.9 Å². The first kappa shape index (κ1) is 20.4. The van der Waals surface area contributed by atoms with Gasteiger partial charge in [0.1, 0.15) is 5.82 Å². The van der Waals surface area contributed by atoms with E-state index in [1.807, 2.05) is 66.6 Å². The number of benzene rings is 2. The lowest BCUT2D eigenvalue weighted by atomic mass is 9.72. The standard InChI is InChI=1S/C24H23BrN4O/c1-28(2)29-20-12-17(15-6-4-3-5-7-15)13-21(30)23(20)22(19(14-26)24(29)27)16-8-10-18(25)11-9-16/h3-11,17,22H,12-13,27H2,1-2H3/t17-,22-/m1/s1. The Labute approximate surface area is 185 Å². The van der Waals surface area contributed by atoms with Crippen LogP contribution in [0.25, 0.3) is 0 Å². The van der Waals surface area contributed by atoms with Crippen LogP contribution in [0.4, 0.5) is 0 Å². The molecule has 0 amide bonds. The van der Waals surface area contributed by atoms with Gasteiger partial charge in [0.25, 0.3) is 0 Å². The summed E-state index contributed by atoms with van der Waals surface area (Å²) in [7, 11) is 3.76. The van der Waals surface area contributed by atoms with Gasteiger partial charge in [-0.1, -0.05) is 58.4 Å². The Kier molecular flexibility index (Phi) is 5.50. The van der Waals surface area contributed by atoms with E-state index in [4.69, 9.17) is 5.73 Å². The van der Waals surface area contributed by atoms with E-state index in [9.17, 15) is 10.1 Å². The molecule has 5 nitrogen and oxygen atoms in total. The zero-order valence-corrected chi connectivity index (χ0v) is 18.6. The first-order valence-electron chi connectivity index (χ1n) is 9.86. The molecule has 0 spiro atoms. The molecule has 0 bridgehead atoms. The van der Waals surface area contributed by atoms with Crippen molar-refractivity contribution in [1.29, 1.82) is 5.26 Å². The normalized spacial score (nSPS) is 21.7. The lowest BCUT2D eigenvalue weighted by Gasteiger charge is -2.43. The Morgan fingerprint density at radius 3 is 2.33 bits per heavy atom. The highest BCUT2D eigenvalue weighted by Crippen LogP contribution is 2.48. The fourth-order valence-corrected chi connectivity index (χ4v) is 4.78. The number of nitrogens with two attached hydrogens (primary N) is 1. The van der Waals surface area contributed by atoms with E-state index in [0.717, 1.165) is 21.3 Å². The van der Waals surface area contributed by atoms with Crippen LogP contribution in [0.5, 0.6) is 0 Å². The summed E-state index contributed by atoms with van der Waals surface area (Å²) in [5.41, 5.74) is 10.5. The molecule has 6 heteroatoms. The Bertz CT molecular complexity index is 1080. The Balaban J connectivity index is 1.89. The summed E-state index contributed by atoms with van der Waals surface area (Å²) in [6, 6.07) is 20.2. The number of Topliss-reactive ketones (excluding diaryl/α,β-unsaturated/α-hetero) is 1. The van der Waals surface area contributed by atoms with Crippen LogP contribution < -0.4 is 5.73 Å². The van der Waals surface area contributed by atoms with Gasteiger partial charge in [-0.25, -0.2) is 5.01 Å². The number of rotatable bonds is 3. The van der Waals surface area contributed by atoms with Gasteiger partial charge in [0.05, 0.1) is 17.6 Å². The Morgan fingerprint density at radius 2 is 1.73 bits per heavy atom. The highest BCUT2D eigenvalue weighted by atomic mass is 79.9. The fourth-order valence-electron chi connectivity index (χ4n) is 4.52. The number of allylic oxidation sites excluding steroid dienone is 3. The molecule has 2 atom stereocenters. The lowest BCUT2D eigenvalue weighted by molar-refractivity contribution is -0.117. The van der Waals surface area contributed by atoms with Crippen LogP contribution in [0, 0.1) is 11.3 Å². The van der Waals surface area contributed by atoms with Crippen molar-refractivity contribution in [3.05, 3.63) is 92.9 Å². The van der Waals surface area contributed by atoms with Crippen molar-refractivity contribution in [2.75, 3.05) is 14.1 Å². The molecular weight excluding hydrogens is 440 g/mol. The molecule has 2 aromatic rings. The van der Waals surface area contributed by atoms with Gasteiger partial charge in [-0.2, -0.15) is 5.26 Å². The van der Waals surface area contributed by atoms with Crippen LogP contribution in [0.3, 0.4) is 0 Å². The van der Waals surface area contributed by atoms with Crippen molar-refractivity contribution in [3.8, 4) is 6.07 Å². The van der Waals surface area contributed by atoms with Gasteiger partial charge in [0, 0.05) is 36.3 Å². The third kappa shape index (κ3) is 3.45. The second kappa shape index (κ2) is 8.10. The van der Waals surface area contributed by atoms with E-state index >= 15 is 0 Å². The number of nitrogens with zero attached hydrogens (tertiary/aromatic N) is 3. The number of hydrogen-bond acceptors (Lipinski definition) is 5. The second-order valence-corrected chi connectivity index (χ2v) is 8.77. The number of carbonyl (C=O) groups is 1. The summed E-state index contributed by atoms with van der Waals surface area (Å²) in [4.78, 5) is 13.5. The maximum absolute atomic E-state index is 13.5. The number of halogens is 1. The second-order valence-electron chi connectivity index (χ2n) is 7.85. The van der Waals surface area contributed by atoms with Crippen molar-refractivity contribution in [1.82, 2.24) is 10.0 Å². The predicted octanol–water partition coefficient (Wildman–Crippen LogP) is 4.42. The van der Waals surface area contributed by atoms with Crippen LogP contribution in [-0.2, 0) is 4.79 Å². The Hall–Kier alpha value is -2.88. The summed E-state index contributed by atoms with van der Waals surface area (Å²) in [5.74, 6) is 0.0984. The quantitative estimate of drug-likeness (QED) is 0.730. The van der Waals surface area contributed by atoms with Gasteiger partial charge in [-0.3, -0.25) is 9.80 Å². The number of hydrogen-bond donors (Lipinski definition) is 1. The van der Waals surface area contributed by atoms with Gasteiger partial charge >= 0.3 is 0 Å². The van der Waals surface area contributed by atoms with Gasteiger partial charge in [0.2, 0.25) is 0 Å². The van der Waals surface area contributed by atoms with Crippen molar-refractivity contribution < 1.29 is 4.79 Å². The largest absolute Gasteiger partial charge is 0.383 e. The molecule has 0 unspecified atom stereocenters. The minimum atomic E-state index is -0.446. The number of nitriles is 1. The monoisotopic (exact) mass is 462 g/mol. The zero-order valence-electron chi connectivity index (χ0n) is 17.0. The lowest BCUT2D eigenvalue weighted by Crippen LogP contribution is -2.46. The highest BCUT2D eigenvalue weighted by Gasteiger charge is 2.43. The molecule has 0 saturated carbocycles. The van der Waals surface area contributed by atoms with Crippen LogP contribution in [0.1, 0.15) is 35.8 Å². The van der Waals surface area contributed by atoms with Crippen LogP contribution in [0.15, 0.2) is 81.7 Å². The van der Waals surface area contributed by atoms with Gasteiger partial charge in [0.15, 0.2) is 5.78 Å². The molecular formula is C24H23BrN4O. The van der Waals surface area contributed by atoms with Crippen molar-refractivity contribution in [2.45, 2.75) is 24.7 Å². The van der Waals surface area contributed by atoms with E-state index in [2.05, 4.69) is 34.1 Å². The molecule has 1 aliphatic heterocycles. The molecule has 30 heavy (non-hydrogen) atoms. The fraction of sp³-hybridized carbons (Fsp3) is 0.250. The molecule has 1 aliphatic carbocycles. The Morgan fingerprint density at radius 1 is 1.07 bits per heavy atom. The topological polar surface area (TPSA) is 73.4 Å². The summed E-state index contributed by atoms with van der Waals surface area (Å²) in [5, 5.41) is 13.7. The third-order valence-corrected chi connectivity index (χ3v) is 6.34. The smallest absolute Gasteiger partial charge is 0.162 e. The van der Waals surface area contributed by atoms with Gasteiger partial charge in [-0.05, 0) is 35.6 Å². The molecule has 0 saturated heterocycles. The van der Waals surface area contributed by atoms with Crippen molar-refractivity contribution >= 4 is 21.7 Å². The summed E-state index contributed by atoms with van der Waals surface area (Å²) in [6.45, 7) is 0. The van der Waals surface area contributed by atoms with E-state index in [0.29, 0.717) is 29.8 Å². The molecule has 152 valence electrons. The minimum Gasteiger partial charge on any atom is -0.383 e. The first-order valence-corrected chi connectivity index (χ1v) is 10.7. The molecule has 0 radical (unpaired) electrons. The number of hydrazine groups is 1. The average Bonchev–Trinajstić information content (AvgIpc) is 2.73. The first-order chi connectivity index (χ1) is 14.4. The SMILES string of the molecule is CN(C)N1C(N)=C(C#N)[C@@H](c2ccc(Br)cc2)C2=C1C[C@@H](c1ccccc1)CC2=O. The van der Waals surface area contributed by atoms with Crippen LogP contribution in [0.2, 0.25) is 0 Å². The maximum atomic E-state index is 13.5. The minimum absolute atomic E-state index is 0.0742. The van der Waals surface area contributed by atoms with Gasteiger partial charge < -0.3 is 5.73 Å². The third-order valence-electron chi connectivity index (χ3n) is 5.81. The summed E-state index contributed by atoms with van der Waals surface area (Å²) >= 11 is 3.46. The molecule has 0 aromatic heterocycles. The maximum Gasteiger partial charge on any atom is 0.162 e. The molecule has 2 aromatic carbocycles. The molecule has 2 N–H and O–H groups in total.